The van der Waals surface area contributed by atoms with E-state index in [1.807, 2.05) is 12.2 Å². The van der Waals surface area contributed by atoms with Gasteiger partial charge in [0, 0.05) is 5.25 Å². The topological polar surface area (TPSA) is 0 Å². The second-order valence-corrected chi connectivity index (χ2v) is 3.73. The molecular formula is C7H11BrS. The van der Waals surface area contributed by atoms with Gasteiger partial charge in [-0.1, -0.05) is 22.3 Å². The molecule has 2 heteroatoms. The second kappa shape index (κ2) is 6.43. The summed E-state index contributed by atoms with van der Waals surface area (Å²) in [6.45, 7) is 7.32. The number of hydrogen-bond acceptors (Lipinski definition) is 1. The van der Waals surface area contributed by atoms with Crippen molar-refractivity contribution in [1.29, 1.82) is 0 Å². The molecule has 0 aliphatic heterocycles. The van der Waals surface area contributed by atoms with Crippen LogP contribution in [0.4, 0.5) is 0 Å². The summed E-state index contributed by atoms with van der Waals surface area (Å²) < 4.78 is 0. The summed E-state index contributed by atoms with van der Waals surface area (Å²) in [5, 5.41) is 0.611. The highest BCUT2D eigenvalue weighted by molar-refractivity contribution is 9.50. The lowest BCUT2D eigenvalue weighted by Crippen LogP contribution is -1.94. The maximum Gasteiger partial charge on any atom is 0.0225 e. The Bertz CT molecular complexity index is 80.9. The van der Waals surface area contributed by atoms with E-state index < -0.39 is 0 Å². The maximum absolute atomic E-state index is 3.66. The molecule has 0 radical (unpaired) electrons. The van der Waals surface area contributed by atoms with Crippen LogP contribution in [-0.4, -0.2) is 5.25 Å². The fourth-order valence-electron chi connectivity index (χ4n) is 0.541. The summed E-state index contributed by atoms with van der Waals surface area (Å²) in [6.07, 6.45) is 5.95. The highest BCUT2D eigenvalue weighted by atomic mass is 79.9. The van der Waals surface area contributed by atoms with Crippen LogP contribution in [0.5, 0.6) is 0 Å². The molecule has 0 saturated carbocycles. The van der Waals surface area contributed by atoms with Crippen LogP contribution in [0.3, 0.4) is 0 Å². The molecule has 0 fully saturated rings. The molecule has 0 amide bonds. The van der Waals surface area contributed by atoms with Crippen molar-refractivity contribution in [2.45, 2.75) is 18.1 Å². The molecular weight excluding hydrogens is 196 g/mol. The molecule has 0 unspecified atom stereocenters. The van der Waals surface area contributed by atoms with Crippen LogP contribution in [0.15, 0.2) is 25.3 Å². The van der Waals surface area contributed by atoms with Gasteiger partial charge in [-0.15, -0.1) is 13.2 Å². The number of halogens is 1. The summed E-state index contributed by atoms with van der Waals surface area (Å²) in [5.74, 6) is 0. The zero-order chi connectivity index (χ0) is 7.11. The molecule has 0 saturated heterocycles. The molecule has 0 atom stereocenters. The van der Waals surface area contributed by atoms with Crippen LogP contribution in [0.25, 0.3) is 0 Å². The van der Waals surface area contributed by atoms with Gasteiger partial charge in [0.1, 0.15) is 0 Å². The lowest BCUT2D eigenvalue weighted by molar-refractivity contribution is 0.900. The minimum absolute atomic E-state index is 0.611. The van der Waals surface area contributed by atoms with Gasteiger partial charge in [-0.05, 0) is 27.7 Å². The van der Waals surface area contributed by atoms with Crippen LogP contribution in [0, 0.1) is 0 Å². The van der Waals surface area contributed by atoms with Crippen LogP contribution in [0.1, 0.15) is 12.8 Å². The average molecular weight is 207 g/mol. The van der Waals surface area contributed by atoms with Crippen molar-refractivity contribution in [3.63, 3.8) is 0 Å². The monoisotopic (exact) mass is 206 g/mol. The summed E-state index contributed by atoms with van der Waals surface area (Å²) in [6, 6.07) is 0. The van der Waals surface area contributed by atoms with Gasteiger partial charge in [-0.2, -0.15) is 0 Å². The van der Waals surface area contributed by atoms with Crippen molar-refractivity contribution in [2.24, 2.45) is 0 Å². The van der Waals surface area contributed by atoms with E-state index in [1.54, 1.807) is 10.2 Å². The van der Waals surface area contributed by atoms with Crippen molar-refractivity contribution < 1.29 is 0 Å². The smallest absolute Gasteiger partial charge is 0.0225 e. The van der Waals surface area contributed by atoms with E-state index in [0.29, 0.717) is 5.25 Å². The highest BCUT2D eigenvalue weighted by Gasteiger charge is 2.01. The summed E-state index contributed by atoms with van der Waals surface area (Å²) in [4.78, 5) is 0. The zero-order valence-electron chi connectivity index (χ0n) is 5.35. The largest absolute Gasteiger partial charge is 0.103 e. The minimum Gasteiger partial charge on any atom is -0.103 e. The van der Waals surface area contributed by atoms with Gasteiger partial charge in [0.05, 0.1) is 0 Å². The van der Waals surface area contributed by atoms with Gasteiger partial charge in [0.15, 0.2) is 0 Å². The third kappa shape index (κ3) is 4.79. The first-order valence-corrected chi connectivity index (χ1v) is 5.56. The molecule has 0 aliphatic rings. The zero-order valence-corrected chi connectivity index (χ0v) is 7.75. The molecule has 0 bridgehead atoms. The van der Waals surface area contributed by atoms with Crippen molar-refractivity contribution in [3.05, 3.63) is 25.3 Å². The molecule has 0 N–H and O–H groups in total. The molecule has 52 valence electrons. The van der Waals surface area contributed by atoms with E-state index in [2.05, 4.69) is 28.0 Å². The SMILES string of the molecule is C=CCC(CC=C)SBr. The highest BCUT2D eigenvalue weighted by Crippen LogP contribution is 2.24. The number of allylic oxidation sites excluding steroid dienone is 2. The first-order chi connectivity index (χ1) is 4.35. The average Bonchev–Trinajstić information content (AvgIpc) is 1.88. The van der Waals surface area contributed by atoms with Gasteiger partial charge in [0.25, 0.3) is 0 Å². The van der Waals surface area contributed by atoms with Crippen LogP contribution < -0.4 is 0 Å². The van der Waals surface area contributed by atoms with Crippen LogP contribution >= 0.6 is 25.0 Å². The first-order valence-electron chi connectivity index (χ1n) is 2.84. The summed E-state index contributed by atoms with van der Waals surface area (Å²) in [5.41, 5.74) is 0. The second-order valence-electron chi connectivity index (χ2n) is 1.76. The van der Waals surface area contributed by atoms with E-state index >= 15 is 0 Å². The molecule has 0 aromatic carbocycles. The quantitative estimate of drug-likeness (QED) is 0.621. The van der Waals surface area contributed by atoms with E-state index in [9.17, 15) is 0 Å². The van der Waals surface area contributed by atoms with Crippen LogP contribution in [0.2, 0.25) is 0 Å². The van der Waals surface area contributed by atoms with Gasteiger partial charge in [-0.25, -0.2) is 0 Å². The fraction of sp³-hybridized carbons (Fsp3) is 0.429. The maximum atomic E-state index is 3.66. The Labute approximate surface area is 68.6 Å². The van der Waals surface area contributed by atoms with Crippen molar-refractivity contribution in [1.82, 2.24) is 0 Å². The van der Waals surface area contributed by atoms with E-state index in [1.165, 1.54) is 0 Å². The lowest BCUT2D eigenvalue weighted by atomic mass is 10.2. The molecule has 0 spiro atoms. The normalized spacial score (nSPS) is 9.56. The van der Waals surface area contributed by atoms with E-state index in [0.717, 1.165) is 12.8 Å². The predicted octanol–water partition coefficient (Wildman–Crippen LogP) is 3.55. The Morgan fingerprint density at radius 1 is 1.33 bits per heavy atom. The summed E-state index contributed by atoms with van der Waals surface area (Å²) >= 11 is 3.34. The van der Waals surface area contributed by atoms with Gasteiger partial charge < -0.3 is 0 Å². The number of rotatable bonds is 5. The predicted molar refractivity (Wildman–Crippen MR) is 49.9 cm³/mol. The third-order valence-electron chi connectivity index (χ3n) is 0.985. The Morgan fingerprint density at radius 2 is 1.78 bits per heavy atom. The molecule has 0 nitrogen and oxygen atoms in total. The first kappa shape index (κ1) is 9.31. The Balaban J connectivity index is 3.39. The standard InChI is InChI=1S/C7H11BrS/c1-3-5-7(9-8)6-4-2/h3-4,7H,1-2,5-6H2. The molecule has 0 aromatic heterocycles. The Kier molecular flexibility index (Phi) is 6.65. The van der Waals surface area contributed by atoms with Gasteiger partial charge in [0.2, 0.25) is 0 Å². The third-order valence-corrected chi connectivity index (χ3v) is 3.21. The Morgan fingerprint density at radius 3 is 2.00 bits per heavy atom. The van der Waals surface area contributed by atoms with Crippen molar-refractivity contribution in [3.8, 4) is 0 Å². The van der Waals surface area contributed by atoms with E-state index in [-0.39, 0.29) is 0 Å². The molecule has 0 rings (SSSR count). The molecule has 0 aromatic rings. The van der Waals surface area contributed by atoms with Crippen molar-refractivity contribution >= 4 is 25.0 Å². The fourth-order valence-corrected chi connectivity index (χ4v) is 1.87. The van der Waals surface area contributed by atoms with Crippen LogP contribution in [-0.2, 0) is 0 Å². The number of hydrogen-bond donors (Lipinski definition) is 0. The molecule has 0 aliphatic carbocycles. The van der Waals surface area contributed by atoms with Gasteiger partial charge >= 0.3 is 0 Å². The van der Waals surface area contributed by atoms with E-state index in [4.69, 9.17) is 0 Å². The molecule has 0 heterocycles. The Hall–Kier alpha value is 0.310. The lowest BCUT2D eigenvalue weighted by Gasteiger charge is -2.05. The van der Waals surface area contributed by atoms with Gasteiger partial charge in [-0.3, -0.25) is 0 Å². The minimum atomic E-state index is 0.611. The summed E-state index contributed by atoms with van der Waals surface area (Å²) in [7, 11) is 1.69. The molecule has 9 heavy (non-hydrogen) atoms. The van der Waals surface area contributed by atoms with Crippen molar-refractivity contribution in [2.75, 3.05) is 0 Å².